The van der Waals surface area contributed by atoms with Crippen LogP contribution in [0.2, 0.25) is 0 Å². The topological polar surface area (TPSA) is 46.2 Å². The van der Waals surface area contributed by atoms with E-state index in [-0.39, 0.29) is 4.90 Å². The molecule has 1 aromatic carbocycles. The summed E-state index contributed by atoms with van der Waals surface area (Å²) in [5, 5.41) is 0. The zero-order valence-corrected chi connectivity index (χ0v) is 7.94. The average Bonchev–Trinajstić information content (AvgIpc) is 2.18. The maximum absolute atomic E-state index is 12.1. The van der Waals surface area contributed by atoms with Crippen molar-refractivity contribution < 1.29 is 12.8 Å². The fraction of sp³-hybridized carbons (Fsp3) is 0.250. The summed E-state index contributed by atoms with van der Waals surface area (Å²) in [6.45, 7) is -0.583. The first-order valence-electron chi connectivity index (χ1n) is 3.68. The minimum atomic E-state index is -3.40. The smallest absolute Gasteiger partial charge is 0.240 e. The van der Waals surface area contributed by atoms with Gasteiger partial charge in [0.15, 0.2) is 0 Å². The van der Waals surface area contributed by atoms with Gasteiger partial charge in [0.1, 0.15) is 6.67 Å². The first-order valence-corrected chi connectivity index (χ1v) is 5.17. The highest BCUT2D eigenvalue weighted by Crippen LogP contribution is 2.10. The van der Waals surface area contributed by atoms with Crippen LogP contribution in [-0.4, -0.2) is 15.5 Å². The van der Waals surface area contributed by atoms with E-state index in [0.717, 1.165) is 0 Å². The molecule has 0 aliphatic rings. The first-order chi connectivity index (χ1) is 6.10. The molecule has 0 aliphatic carbocycles. The Morgan fingerprint density at radius 1 is 1.31 bits per heavy atom. The van der Waals surface area contributed by atoms with Crippen molar-refractivity contribution in [1.29, 1.82) is 0 Å². The van der Waals surface area contributed by atoms with Gasteiger partial charge < -0.3 is 0 Å². The summed E-state index contributed by atoms with van der Waals surface area (Å²) in [5.41, 5.74) is 0.468. The Kier molecular flexibility index (Phi) is 3.00. The number of sulfonamides is 1. The largest absolute Gasteiger partial charge is 0.246 e. The number of hydrogen-bond donors (Lipinski definition) is 1. The fourth-order valence-corrected chi connectivity index (χ4v) is 1.61. The number of rotatable bonds is 3. The van der Waals surface area contributed by atoms with Gasteiger partial charge in [-0.3, -0.25) is 0 Å². The molecule has 0 aromatic heterocycles. The highest BCUT2D eigenvalue weighted by Gasteiger charge is 2.09. The maximum atomic E-state index is 12.1. The molecule has 13 heavy (non-hydrogen) atoms. The summed E-state index contributed by atoms with van der Waals surface area (Å²) in [5.74, 6) is 0. The van der Waals surface area contributed by atoms with Gasteiger partial charge in [-0.2, -0.15) is 0 Å². The Morgan fingerprint density at radius 3 is 2.23 bits per heavy atom. The van der Waals surface area contributed by atoms with Crippen molar-refractivity contribution in [3.8, 4) is 0 Å². The van der Waals surface area contributed by atoms with Crippen molar-refractivity contribution in [2.75, 3.05) is 7.05 Å². The summed E-state index contributed by atoms with van der Waals surface area (Å²) in [6.07, 6.45) is 0. The molecule has 0 amide bonds. The van der Waals surface area contributed by atoms with Gasteiger partial charge in [0.2, 0.25) is 10.0 Å². The Bertz CT molecular complexity index is 372. The number of hydrogen-bond acceptors (Lipinski definition) is 2. The zero-order valence-electron chi connectivity index (χ0n) is 7.12. The number of alkyl halides is 1. The lowest BCUT2D eigenvalue weighted by molar-refractivity contribution is 0.485. The third-order valence-electron chi connectivity index (χ3n) is 1.66. The van der Waals surface area contributed by atoms with Crippen molar-refractivity contribution in [1.82, 2.24) is 4.72 Å². The van der Waals surface area contributed by atoms with E-state index >= 15 is 0 Å². The van der Waals surface area contributed by atoms with Gasteiger partial charge in [0.25, 0.3) is 0 Å². The Morgan fingerprint density at radius 2 is 1.85 bits per heavy atom. The Labute approximate surface area is 76.6 Å². The molecular weight excluding hydrogens is 193 g/mol. The van der Waals surface area contributed by atoms with E-state index in [1.807, 2.05) is 0 Å². The average molecular weight is 203 g/mol. The van der Waals surface area contributed by atoms with Gasteiger partial charge in [-0.25, -0.2) is 17.5 Å². The highest BCUT2D eigenvalue weighted by atomic mass is 32.2. The maximum Gasteiger partial charge on any atom is 0.240 e. The molecule has 0 atom stereocenters. The second kappa shape index (κ2) is 3.85. The SMILES string of the molecule is CNS(=O)(=O)c1ccc(CF)cc1. The van der Waals surface area contributed by atoms with Gasteiger partial charge in [-0.1, -0.05) is 12.1 Å². The summed E-state index contributed by atoms with van der Waals surface area (Å²) in [6, 6.07) is 5.65. The molecule has 3 nitrogen and oxygen atoms in total. The van der Waals surface area contributed by atoms with Gasteiger partial charge in [-0.05, 0) is 24.7 Å². The van der Waals surface area contributed by atoms with E-state index in [2.05, 4.69) is 4.72 Å². The molecule has 0 radical (unpaired) electrons. The normalized spacial score (nSPS) is 11.5. The Hall–Kier alpha value is -0.940. The first kappa shape index (κ1) is 10.1. The molecule has 5 heteroatoms. The van der Waals surface area contributed by atoms with Crippen LogP contribution in [0.5, 0.6) is 0 Å². The fourth-order valence-electron chi connectivity index (χ4n) is 0.876. The monoisotopic (exact) mass is 203 g/mol. The molecule has 1 N–H and O–H groups in total. The molecule has 0 unspecified atom stereocenters. The predicted molar refractivity (Wildman–Crippen MR) is 47.5 cm³/mol. The number of benzene rings is 1. The van der Waals surface area contributed by atoms with Crippen molar-refractivity contribution in [3.63, 3.8) is 0 Å². The van der Waals surface area contributed by atoms with Crippen LogP contribution >= 0.6 is 0 Å². The summed E-state index contributed by atoms with van der Waals surface area (Å²) < 4.78 is 36.6. The number of halogens is 1. The van der Waals surface area contributed by atoms with Crippen LogP contribution in [0.25, 0.3) is 0 Å². The lowest BCUT2D eigenvalue weighted by Crippen LogP contribution is -2.18. The molecule has 0 aliphatic heterocycles. The van der Waals surface area contributed by atoms with Gasteiger partial charge in [0.05, 0.1) is 4.90 Å². The summed E-state index contributed by atoms with van der Waals surface area (Å²) in [4.78, 5) is 0.146. The number of nitrogens with one attached hydrogen (secondary N) is 1. The molecule has 72 valence electrons. The quantitative estimate of drug-likeness (QED) is 0.798. The molecule has 0 bridgehead atoms. The highest BCUT2D eigenvalue weighted by molar-refractivity contribution is 7.89. The molecular formula is C8H10FNO2S. The van der Waals surface area contributed by atoms with E-state index in [4.69, 9.17) is 0 Å². The van der Waals surface area contributed by atoms with Crippen LogP contribution in [0.1, 0.15) is 5.56 Å². The van der Waals surface area contributed by atoms with E-state index in [0.29, 0.717) is 5.56 Å². The predicted octanol–water partition coefficient (Wildman–Crippen LogP) is 1.06. The van der Waals surface area contributed by atoms with Crippen molar-refractivity contribution in [3.05, 3.63) is 29.8 Å². The third-order valence-corrected chi connectivity index (χ3v) is 3.09. The van der Waals surface area contributed by atoms with Crippen LogP contribution in [0.4, 0.5) is 4.39 Å². The third kappa shape index (κ3) is 2.26. The van der Waals surface area contributed by atoms with Gasteiger partial charge >= 0.3 is 0 Å². The second-order valence-electron chi connectivity index (χ2n) is 2.49. The molecule has 0 saturated carbocycles. The zero-order chi connectivity index (χ0) is 9.90. The molecule has 0 spiro atoms. The molecule has 0 fully saturated rings. The van der Waals surface area contributed by atoms with Crippen LogP contribution in [0.15, 0.2) is 29.2 Å². The summed E-state index contributed by atoms with van der Waals surface area (Å²) >= 11 is 0. The van der Waals surface area contributed by atoms with E-state index < -0.39 is 16.7 Å². The molecule has 0 saturated heterocycles. The van der Waals surface area contributed by atoms with Crippen LogP contribution < -0.4 is 4.72 Å². The van der Waals surface area contributed by atoms with E-state index in [1.165, 1.54) is 31.3 Å². The van der Waals surface area contributed by atoms with Crippen molar-refractivity contribution >= 4 is 10.0 Å². The molecule has 1 rings (SSSR count). The van der Waals surface area contributed by atoms with Gasteiger partial charge in [0, 0.05) is 0 Å². The lowest BCUT2D eigenvalue weighted by Gasteiger charge is -2.01. The van der Waals surface area contributed by atoms with E-state index in [1.54, 1.807) is 0 Å². The van der Waals surface area contributed by atoms with Crippen molar-refractivity contribution in [2.24, 2.45) is 0 Å². The lowest BCUT2D eigenvalue weighted by atomic mass is 10.2. The van der Waals surface area contributed by atoms with Crippen LogP contribution in [0.3, 0.4) is 0 Å². The molecule has 1 aromatic rings. The van der Waals surface area contributed by atoms with Crippen molar-refractivity contribution in [2.45, 2.75) is 11.6 Å². The van der Waals surface area contributed by atoms with E-state index in [9.17, 15) is 12.8 Å². The summed E-state index contributed by atoms with van der Waals surface area (Å²) in [7, 11) is -2.06. The van der Waals surface area contributed by atoms with Gasteiger partial charge in [-0.15, -0.1) is 0 Å². The minimum absolute atomic E-state index is 0.146. The van der Waals surface area contributed by atoms with Crippen LogP contribution in [-0.2, 0) is 16.7 Å². The molecule has 0 heterocycles. The Balaban J connectivity index is 3.06. The second-order valence-corrected chi connectivity index (χ2v) is 4.37. The minimum Gasteiger partial charge on any atom is -0.246 e. The van der Waals surface area contributed by atoms with Crippen LogP contribution in [0, 0.1) is 0 Å². The standard InChI is InChI=1S/C8H10FNO2S/c1-10-13(11,12)8-4-2-7(6-9)3-5-8/h2-5,10H,6H2,1H3.